The molecule has 1 aromatic carbocycles. The summed E-state index contributed by atoms with van der Waals surface area (Å²) in [6.07, 6.45) is 4.85. The topological polar surface area (TPSA) is 50.4 Å². The zero-order valence-electron chi connectivity index (χ0n) is 12.2. The van der Waals surface area contributed by atoms with Gasteiger partial charge in [0, 0.05) is 28.7 Å². The van der Waals surface area contributed by atoms with E-state index in [0.29, 0.717) is 35.3 Å². The summed E-state index contributed by atoms with van der Waals surface area (Å²) in [4.78, 5) is 12.3. The number of carbonyl (C=O) groups is 1. The number of ether oxygens (including phenoxy) is 1. The van der Waals surface area contributed by atoms with E-state index in [-0.39, 0.29) is 5.91 Å². The van der Waals surface area contributed by atoms with Gasteiger partial charge in [-0.05, 0) is 43.9 Å². The number of halogens is 1. The van der Waals surface area contributed by atoms with Gasteiger partial charge in [0.25, 0.3) is 0 Å². The molecule has 0 spiro atoms. The number of methoxy groups -OCH3 is 1. The summed E-state index contributed by atoms with van der Waals surface area (Å²) in [7, 11) is 1.61. The van der Waals surface area contributed by atoms with Gasteiger partial charge in [-0.15, -0.1) is 0 Å². The van der Waals surface area contributed by atoms with Gasteiger partial charge in [0.05, 0.1) is 13.5 Å². The average Bonchev–Trinajstić information content (AvgIpc) is 2.78. The van der Waals surface area contributed by atoms with Crippen molar-refractivity contribution in [1.29, 1.82) is 0 Å². The highest BCUT2D eigenvalue weighted by Crippen LogP contribution is 2.27. The summed E-state index contributed by atoms with van der Waals surface area (Å²) in [6.45, 7) is 0. The van der Waals surface area contributed by atoms with Crippen molar-refractivity contribution in [2.24, 2.45) is 0 Å². The van der Waals surface area contributed by atoms with E-state index >= 15 is 0 Å². The molecule has 5 heteroatoms. The van der Waals surface area contributed by atoms with Gasteiger partial charge in [-0.3, -0.25) is 4.79 Å². The third kappa shape index (κ3) is 3.50. The average molecular weight is 309 g/mol. The molecule has 2 unspecified atom stereocenters. The van der Waals surface area contributed by atoms with Gasteiger partial charge in [-0.1, -0.05) is 11.6 Å². The maximum atomic E-state index is 12.3. The summed E-state index contributed by atoms with van der Waals surface area (Å²) >= 11 is 6.00. The lowest BCUT2D eigenvalue weighted by Gasteiger charge is -2.29. The lowest BCUT2D eigenvalue weighted by atomic mass is 9.99. The van der Waals surface area contributed by atoms with E-state index in [9.17, 15) is 4.79 Å². The Morgan fingerprint density at radius 2 is 2.10 bits per heavy atom. The summed E-state index contributed by atoms with van der Waals surface area (Å²) in [6, 6.07) is 6.82. The van der Waals surface area contributed by atoms with Crippen molar-refractivity contribution in [3.63, 3.8) is 0 Å². The second kappa shape index (κ2) is 6.24. The Balaban J connectivity index is 1.60. The highest BCUT2D eigenvalue weighted by atomic mass is 35.5. The number of rotatable bonds is 4. The minimum Gasteiger partial charge on any atom is -0.496 e. The molecule has 1 aromatic rings. The highest BCUT2D eigenvalue weighted by molar-refractivity contribution is 6.30. The maximum Gasteiger partial charge on any atom is 0.224 e. The number of piperidine rings is 1. The number of benzene rings is 1. The molecular formula is C16H21ClN2O2. The summed E-state index contributed by atoms with van der Waals surface area (Å²) in [5.74, 6) is 0.752. The SMILES string of the molecule is COc1ccc(Cl)cc1CC(=O)NC1CC2CCC(C1)N2. The first-order valence-corrected chi connectivity index (χ1v) is 7.89. The third-order valence-electron chi connectivity index (χ3n) is 4.43. The molecule has 4 nitrogen and oxygen atoms in total. The first kappa shape index (κ1) is 14.7. The van der Waals surface area contributed by atoms with Crippen LogP contribution in [-0.4, -0.2) is 31.1 Å². The minimum absolute atomic E-state index is 0.0434. The number of amides is 1. The van der Waals surface area contributed by atoms with Crippen LogP contribution in [0.2, 0.25) is 5.02 Å². The van der Waals surface area contributed by atoms with Crippen LogP contribution in [0, 0.1) is 0 Å². The Bertz CT molecular complexity index is 523. The van der Waals surface area contributed by atoms with E-state index in [0.717, 1.165) is 18.4 Å². The quantitative estimate of drug-likeness (QED) is 0.897. The zero-order valence-corrected chi connectivity index (χ0v) is 13.0. The van der Waals surface area contributed by atoms with Crippen molar-refractivity contribution in [1.82, 2.24) is 10.6 Å². The summed E-state index contributed by atoms with van der Waals surface area (Å²) < 4.78 is 5.29. The lowest BCUT2D eigenvalue weighted by Crippen LogP contribution is -2.48. The molecule has 21 heavy (non-hydrogen) atoms. The van der Waals surface area contributed by atoms with Crippen LogP contribution in [0.1, 0.15) is 31.2 Å². The monoisotopic (exact) mass is 308 g/mol. The van der Waals surface area contributed by atoms with E-state index in [1.807, 2.05) is 0 Å². The molecular weight excluding hydrogens is 288 g/mol. The standard InChI is InChI=1S/C16H21ClN2O2/c1-21-15-5-2-11(17)6-10(15)7-16(20)19-14-8-12-3-4-13(9-14)18-12/h2,5-6,12-14,18H,3-4,7-9H2,1H3,(H,19,20). The molecule has 2 aliphatic rings. The second-order valence-electron chi connectivity index (χ2n) is 6.01. The summed E-state index contributed by atoms with van der Waals surface area (Å²) in [5, 5.41) is 7.37. The van der Waals surface area contributed by atoms with E-state index in [4.69, 9.17) is 16.3 Å². The largest absolute Gasteiger partial charge is 0.496 e. The maximum absolute atomic E-state index is 12.3. The molecule has 0 aromatic heterocycles. The molecule has 0 saturated carbocycles. The minimum atomic E-state index is 0.0434. The van der Waals surface area contributed by atoms with Crippen LogP contribution >= 0.6 is 11.6 Å². The Morgan fingerprint density at radius 3 is 2.76 bits per heavy atom. The Hall–Kier alpha value is -1.26. The number of fused-ring (bicyclic) bond motifs is 2. The first-order valence-electron chi connectivity index (χ1n) is 7.52. The number of nitrogens with one attached hydrogen (secondary N) is 2. The molecule has 2 atom stereocenters. The van der Waals surface area contributed by atoms with Gasteiger partial charge in [-0.25, -0.2) is 0 Å². The van der Waals surface area contributed by atoms with Crippen LogP contribution in [0.3, 0.4) is 0 Å². The predicted molar refractivity (Wildman–Crippen MR) is 82.8 cm³/mol. The molecule has 2 N–H and O–H groups in total. The molecule has 2 fully saturated rings. The molecule has 0 radical (unpaired) electrons. The Kier molecular flexibility index (Phi) is 4.36. The number of hydrogen-bond donors (Lipinski definition) is 2. The highest BCUT2D eigenvalue weighted by Gasteiger charge is 2.33. The molecule has 2 aliphatic heterocycles. The first-order chi connectivity index (χ1) is 10.1. The number of carbonyl (C=O) groups excluding carboxylic acids is 1. The van der Waals surface area contributed by atoms with Crippen molar-refractivity contribution >= 4 is 17.5 Å². The normalized spacial score (nSPS) is 27.4. The Morgan fingerprint density at radius 1 is 1.38 bits per heavy atom. The number of hydrogen-bond acceptors (Lipinski definition) is 3. The Labute approximate surface area is 130 Å². The van der Waals surface area contributed by atoms with Gasteiger partial charge in [0.15, 0.2) is 0 Å². The zero-order chi connectivity index (χ0) is 14.8. The van der Waals surface area contributed by atoms with Gasteiger partial charge < -0.3 is 15.4 Å². The molecule has 0 aliphatic carbocycles. The third-order valence-corrected chi connectivity index (χ3v) is 4.67. The molecule has 3 rings (SSSR count). The van der Waals surface area contributed by atoms with Crippen LogP contribution in [0.4, 0.5) is 0 Å². The molecule has 1 amide bonds. The predicted octanol–water partition coefficient (Wildman–Crippen LogP) is 2.29. The van der Waals surface area contributed by atoms with E-state index < -0.39 is 0 Å². The smallest absolute Gasteiger partial charge is 0.224 e. The fraction of sp³-hybridized carbons (Fsp3) is 0.562. The van der Waals surface area contributed by atoms with Gasteiger partial charge in [0.1, 0.15) is 5.75 Å². The molecule has 2 heterocycles. The fourth-order valence-corrected chi connectivity index (χ4v) is 3.71. The van der Waals surface area contributed by atoms with Crippen LogP contribution < -0.4 is 15.4 Å². The lowest BCUT2D eigenvalue weighted by molar-refractivity contribution is -0.121. The van der Waals surface area contributed by atoms with Crippen molar-refractivity contribution in [2.75, 3.05) is 7.11 Å². The van der Waals surface area contributed by atoms with Crippen molar-refractivity contribution in [3.05, 3.63) is 28.8 Å². The van der Waals surface area contributed by atoms with Crippen LogP contribution in [-0.2, 0) is 11.2 Å². The van der Waals surface area contributed by atoms with Gasteiger partial charge in [0.2, 0.25) is 5.91 Å². The fourth-order valence-electron chi connectivity index (χ4n) is 3.51. The van der Waals surface area contributed by atoms with Crippen molar-refractivity contribution in [2.45, 2.75) is 50.2 Å². The van der Waals surface area contributed by atoms with Gasteiger partial charge in [-0.2, -0.15) is 0 Å². The molecule has 114 valence electrons. The second-order valence-corrected chi connectivity index (χ2v) is 6.44. The van der Waals surface area contributed by atoms with Gasteiger partial charge >= 0.3 is 0 Å². The molecule has 2 bridgehead atoms. The summed E-state index contributed by atoms with van der Waals surface area (Å²) in [5.41, 5.74) is 0.833. The van der Waals surface area contributed by atoms with E-state index in [2.05, 4.69) is 10.6 Å². The van der Waals surface area contributed by atoms with Crippen LogP contribution in [0.15, 0.2) is 18.2 Å². The van der Waals surface area contributed by atoms with E-state index in [1.165, 1.54) is 12.8 Å². The van der Waals surface area contributed by atoms with Crippen molar-refractivity contribution < 1.29 is 9.53 Å². The van der Waals surface area contributed by atoms with Crippen LogP contribution in [0.25, 0.3) is 0 Å². The van der Waals surface area contributed by atoms with Crippen molar-refractivity contribution in [3.8, 4) is 5.75 Å². The molecule has 2 saturated heterocycles. The van der Waals surface area contributed by atoms with Crippen LogP contribution in [0.5, 0.6) is 5.75 Å². The van der Waals surface area contributed by atoms with E-state index in [1.54, 1.807) is 25.3 Å².